The molecule has 2 aromatic rings. The Balaban J connectivity index is 1.83. The van der Waals surface area contributed by atoms with Crippen molar-refractivity contribution >= 4 is 17.6 Å². The second-order valence-electron chi connectivity index (χ2n) is 5.80. The van der Waals surface area contributed by atoms with E-state index >= 15 is 0 Å². The van der Waals surface area contributed by atoms with Crippen LogP contribution in [0.4, 0.5) is 5.69 Å². The molecule has 27 heavy (non-hydrogen) atoms. The maximum atomic E-state index is 12.5. The Labute approximate surface area is 154 Å². The number of nitrogens with zero attached hydrogens (tertiary/aromatic N) is 2. The molecule has 0 atom stereocenters. The van der Waals surface area contributed by atoms with Crippen molar-refractivity contribution < 1.29 is 19.4 Å². The lowest BCUT2D eigenvalue weighted by molar-refractivity contribution is -0.136. The third-order valence-electron chi connectivity index (χ3n) is 4.08. The summed E-state index contributed by atoms with van der Waals surface area (Å²) in [7, 11) is 1.25. The molecule has 0 spiro atoms. The fourth-order valence-corrected chi connectivity index (χ4v) is 2.72. The number of anilines is 1. The van der Waals surface area contributed by atoms with Gasteiger partial charge in [-0.3, -0.25) is 9.59 Å². The molecule has 3 N–H and O–H groups in total. The molecule has 0 saturated carbocycles. The van der Waals surface area contributed by atoms with Gasteiger partial charge < -0.3 is 20.1 Å². The molecule has 0 unspecified atom stereocenters. The summed E-state index contributed by atoms with van der Waals surface area (Å²) in [6.45, 7) is 0.00342. The summed E-state index contributed by atoms with van der Waals surface area (Å²) in [6.07, 6.45) is 0. The molecule has 9 heteroatoms. The first-order valence-electron chi connectivity index (χ1n) is 8.18. The predicted molar refractivity (Wildman–Crippen MR) is 96.6 cm³/mol. The molecule has 0 bridgehead atoms. The molecule has 0 radical (unpaired) electrons. The molecule has 0 saturated heterocycles. The van der Waals surface area contributed by atoms with Crippen LogP contribution >= 0.6 is 0 Å². The fourth-order valence-electron chi connectivity index (χ4n) is 2.72. The van der Waals surface area contributed by atoms with Gasteiger partial charge in [0.15, 0.2) is 0 Å². The first-order valence-corrected chi connectivity index (χ1v) is 8.18. The van der Waals surface area contributed by atoms with Crippen LogP contribution in [0.15, 0.2) is 52.5 Å². The maximum Gasteiger partial charge on any atom is 0.337 e. The van der Waals surface area contributed by atoms with Crippen LogP contribution in [0, 0.1) is 0 Å². The first-order chi connectivity index (χ1) is 13.0. The summed E-state index contributed by atoms with van der Waals surface area (Å²) in [5.41, 5.74) is 2.03. The van der Waals surface area contributed by atoms with Crippen LogP contribution in [-0.2, 0) is 14.3 Å². The average molecular weight is 370 g/mol. The quantitative estimate of drug-likeness (QED) is 0.617. The highest BCUT2D eigenvalue weighted by Gasteiger charge is 2.34. The third kappa shape index (κ3) is 3.87. The number of carbonyl (C=O) groups is 2. The number of benzene rings is 1. The van der Waals surface area contributed by atoms with Gasteiger partial charge in [0, 0.05) is 23.9 Å². The molecular weight excluding hydrogens is 352 g/mol. The molecule has 3 rings (SSSR count). The SMILES string of the molecule is COC(=O)C1=C(Nc2ccc(-c3ccc(=O)[nH]n3)cc2)C(=O)N(CCO)C1. The van der Waals surface area contributed by atoms with E-state index in [0.717, 1.165) is 5.56 Å². The molecule has 1 amide bonds. The van der Waals surface area contributed by atoms with Crippen molar-refractivity contribution in [1.82, 2.24) is 15.1 Å². The molecule has 1 aliphatic rings. The Morgan fingerprint density at radius 3 is 2.59 bits per heavy atom. The minimum atomic E-state index is -0.597. The van der Waals surface area contributed by atoms with Crippen molar-refractivity contribution in [1.29, 1.82) is 0 Å². The molecule has 140 valence electrons. The van der Waals surface area contributed by atoms with Crippen molar-refractivity contribution in [3.63, 3.8) is 0 Å². The number of rotatable bonds is 6. The normalized spacial score (nSPS) is 13.9. The second-order valence-corrected chi connectivity index (χ2v) is 5.80. The van der Waals surface area contributed by atoms with E-state index in [1.165, 1.54) is 18.1 Å². The number of carbonyl (C=O) groups excluding carboxylic acids is 2. The zero-order chi connectivity index (χ0) is 19.4. The Morgan fingerprint density at radius 1 is 1.26 bits per heavy atom. The van der Waals surface area contributed by atoms with Crippen LogP contribution < -0.4 is 10.9 Å². The number of nitrogens with one attached hydrogen (secondary N) is 2. The monoisotopic (exact) mass is 370 g/mol. The van der Waals surface area contributed by atoms with Gasteiger partial charge in [-0.1, -0.05) is 12.1 Å². The van der Waals surface area contributed by atoms with Gasteiger partial charge in [0.1, 0.15) is 5.70 Å². The van der Waals surface area contributed by atoms with Crippen molar-refractivity contribution in [2.75, 3.05) is 32.1 Å². The standard InChI is InChI=1S/C18H18N4O5/c1-27-18(26)13-10-22(8-9-23)17(25)16(13)19-12-4-2-11(3-5-12)14-6-7-15(24)21-20-14/h2-7,19,23H,8-10H2,1H3,(H,21,24). The minimum Gasteiger partial charge on any atom is -0.466 e. The van der Waals surface area contributed by atoms with Crippen molar-refractivity contribution in [2.24, 2.45) is 0 Å². The molecule has 1 aromatic heterocycles. The highest BCUT2D eigenvalue weighted by Crippen LogP contribution is 2.24. The van der Waals surface area contributed by atoms with E-state index in [2.05, 4.69) is 15.5 Å². The average Bonchev–Trinajstić information content (AvgIpc) is 2.99. The maximum absolute atomic E-state index is 12.5. The van der Waals surface area contributed by atoms with Crippen LogP contribution in [0.25, 0.3) is 11.3 Å². The number of hydrogen-bond donors (Lipinski definition) is 3. The van der Waals surface area contributed by atoms with Gasteiger partial charge in [-0.05, 0) is 18.2 Å². The zero-order valence-corrected chi connectivity index (χ0v) is 14.6. The number of ether oxygens (including phenoxy) is 1. The van der Waals surface area contributed by atoms with E-state index in [1.807, 2.05) is 0 Å². The topological polar surface area (TPSA) is 125 Å². The summed E-state index contributed by atoms with van der Waals surface area (Å²) in [5.74, 6) is -0.976. The number of aliphatic hydroxyl groups excluding tert-OH is 1. The van der Waals surface area contributed by atoms with Crippen molar-refractivity contribution in [3.8, 4) is 11.3 Å². The van der Waals surface area contributed by atoms with Gasteiger partial charge in [0.2, 0.25) is 0 Å². The summed E-state index contributed by atoms with van der Waals surface area (Å²) >= 11 is 0. The molecule has 9 nitrogen and oxygen atoms in total. The molecule has 1 aliphatic heterocycles. The lowest BCUT2D eigenvalue weighted by Gasteiger charge is -2.15. The molecule has 0 fully saturated rings. The van der Waals surface area contributed by atoms with E-state index < -0.39 is 5.97 Å². The molecule has 1 aromatic carbocycles. The van der Waals surface area contributed by atoms with E-state index in [-0.39, 0.29) is 42.4 Å². The van der Waals surface area contributed by atoms with Crippen molar-refractivity contribution in [3.05, 3.63) is 58.0 Å². The number of aromatic amines is 1. The second kappa shape index (κ2) is 7.83. The summed E-state index contributed by atoms with van der Waals surface area (Å²) in [5, 5.41) is 18.4. The third-order valence-corrected chi connectivity index (χ3v) is 4.08. The van der Waals surface area contributed by atoms with E-state index in [4.69, 9.17) is 9.84 Å². The van der Waals surface area contributed by atoms with Crippen molar-refractivity contribution in [2.45, 2.75) is 0 Å². The molecule has 0 aliphatic carbocycles. The van der Waals surface area contributed by atoms with Gasteiger partial charge in [-0.25, -0.2) is 9.89 Å². The number of methoxy groups -OCH3 is 1. The van der Waals surface area contributed by atoms with Crippen LogP contribution in [0.5, 0.6) is 0 Å². The fraction of sp³-hybridized carbons (Fsp3) is 0.222. The highest BCUT2D eigenvalue weighted by atomic mass is 16.5. The van der Waals surface area contributed by atoms with Crippen LogP contribution in [0.2, 0.25) is 0 Å². The summed E-state index contributed by atoms with van der Waals surface area (Å²) in [4.78, 5) is 36.9. The number of β-amino-alcohol motifs (C(OH)–C–C–N with tert-alkyl or cyclic N) is 1. The van der Waals surface area contributed by atoms with Gasteiger partial charge in [0.25, 0.3) is 11.5 Å². The van der Waals surface area contributed by atoms with E-state index in [0.29, 0.717) is 11.4 Å². The Morgan fingerprint density at radius 2 is 2.00 bits per heavy atom. The lowest BCUT2D eigenvalue weighted by atomic mass is 10.1. The minimum absolute atomic E-state index is 0.0772. The summed E-state index contributed by atoms with van der Waals surface area (Å²) in [6, 6.07) is 9.98. The predicted octanol–water partition coefficient (Wildman–Crippen LogP) is 0.110. The first kappa shape index (κ1) is 18.3. The number of aromatic nitrogens is 2. The molecule has 2 heterocycles. The van der Waals surface area contributed by atoms with E-state index in [1.54, 1.807) is 30.3 Å². The van der Waals surface area contributed by atoms with E-state index in [9.17, 15) is 14.4 Å². The Hall–Kier alpha value is -3.46. The summed E-state index contributed by atoms with van der Waals surface area (Å²) < 4.78 is 4.75. The Kier molecular flexibility index (Phi) is 5.32. The number of aliphatic hydroxyl groups is 1. The molecular formula is C18H18N4O5. The van der Waals surface area contributed by atoms with Gasteiger partial charge >= 0.3 is 5.97 Å². The highest BCUT2D eigenvalue weighted by molar-refractivity contribution is 6.08. The number of amides is 1. The van der Waals surface area contributed by atoms with Crippen LogP contribution in [0.1, 0.15) is 0 Å². The number of esters is 1. The number of hydrogen-bond acceptors (Lipinski definition) is 7. The zero-order valence-electron chi connectivity index (χ0n) is 14.6. The largest absolute Gasteiger partial charge is 0.466 e. The smallest absolute Gasteiger partial charge is 0.337 e. The van der Waals surface area contributed by atoms with Gasteiger partial charge in [0.05, 0.1) is 31.5 Å². The van der Waals surface area contributed by atoms with Gasteiger partial charge in [-0.15, -0.1) is 0 Å². The lowest BCUT2D eigenvalue weighted by Crippen LogP contribution is -2.31. The Bertz CT molecular complexity index is 928. The van der Waals surface area contributed by atoms with Crippen LogP contribution in [0.3, 0.4) is 0 Å². The van der Waals surface area contributed by atoms with Gasteiger partial charge in [-0.2, -0.15) is 5.10 Å². The number of H-pyrrole nitrogens is 1. The van der Waals surface area contributed by atoms with Crippen LogP contribution in [-0.4, -0.2) is 58.9 Å².